The van der Waals surface area contributed by atoms with E-state index in [-0.39, 0.29) is 12.5 Å². The summed E-state index contributed by atoms with van der Waals surface area (Å²) in [5.41, 5.74) is 2.23. The molecule has 0 saturated carbocycles. The molecule has 2 amide bonds. The molecule has 0 fully saturated rings. The van der Waals surface area contributed by atoms with Crippen molar-refractivity contribution in [1.82, 2.24) is 10.2 Å². The van der Waals surface area contributed by atoms with Crippen molar-refractivity contribution in [2.45, 2.75) is 52.6 Å². The second-order valence-electron chi connectivity index (χ2n) is 8.33. The number of hydrogen-bond acceptors (Lipinski definition) is 4. The van der Waals surface area contributed by atoms with Gasteiger partial charge in [-0.25, -0.2) is 8.42 Å². The first-order chi connectivity index (χ1) is 16.1. The molecule has 0 radical (unpaired) electrons. The Balaban J connectivity index is 2.39. The molecule has 2 rings (SSSR count). The van der Waals surface area contributed by atoms with E-state index in [0.717, 1.165) is 34.5 Å². The number of rotatable bonds is 12. The number of unbranched alkanes of at least 4 members (excludes halogenated alkanes) is 1. The van der Waals surface area contributed by atoms with Gasteiger partial charge in [0, 0.05) is 18.1 Å². The lowest BCUT2D eigenvalue weighted by molar-refractivity contribution is -0.140. The summed E-state index contributed by atoms with van der Waals surface area (Å²) in [4.78, 5) is 28.0. The van der Waals surface area contributed by atoms with Crippen molar-refractivity contribution in [2.24, 2.45) is 0 Å². The monoisotopic (exact) mass is 507 g/mol. The smallest absolute Gasteiger partial charge is 0.244 e. The number of hydrogen-bond donors (Lipinski definition) is 1. The molecule has 0 unspecified atom stereocenters. The summed E-state index contributed by atoms with van der Waals surface area (Å²) >= 11 is 5.95. The highest BCUT2D eigenvalue weighted by molar-refractivity contribution is 7.92. The van der Waals surface area contributed by atoms with Gasteiger partial charge in [0.15, 0.2) is 0 Å². The number of nitrogens with one attached hydrogen (secondary N) is 1. The van der Waals surface area contributed by atoms with Gasteiger partial charge in [0.2, 0.25) is 21.8 Å². The van der Waals surface area contributed by atoms with Gasteiger partial charge < -0.3 is 10.2 Å². The second kappa shape index (κ2) is 12.8. The van der Waals surface area contributed by atoms with Gasteiger partial charge in [-0.1, -0.05) is 61.7 Å². The van der Waals surface area contributed by atoms with Gasteiger partial charge in [0.25, 0.3) is 0 Å². The van der Waals surface area contributed by atoms with E-state index in [0.29, 0.717) is 23.7 Å². The molecule has 0 heterocycles. The predicted molar refractivity (Wildman–Crippen MR) is 137 cm³/mol. The van der Waals surface area contributed by atoms with Crippen LogP contribution in [0.15, 0.2) is 48.5 Å². The molecule has 1 atom stereocenters. The average molecular weight is 508 g/mol. The number of carbonyl (C=O) groups is 2. The van der Waals surface area contributed by atoms with Gasteiger partial charge in [-0.3, -0.25) is 13.9 Å². The maximum absolute atomic E-state index is 13.6. The van der Waals surface area contributed by atoms with E-state index in [4.69, 9.17) is 11.6 Å². The average Bonchev–Trinajstić information content (AvgIpc) is 2.77. The molecule has 186 valence electrons. The number of amides is 2. The lowest BCUT2D eigenvalue weighted by atomic mass is 10.1. The summed E-state index contributed by atoms with van der Waals surface area (Å²) in [6.07, 6.45) is 3.23. The molecule has 1 N–H and O–H groups in total. The quantitative estimate of drug-likeness (QED) is 0.437. The maximum Gasteiger partial charge on any atom is 0.244 e. The van der Waals surface area contributed by atoms with Crippen molar-refractivity contribution in [3.63, 3.8) is 0 Å². The van der Waals surface area contributed by atoms with Crippen LogP contribution in [-0.2, 0) is 26.2 Å². The first kappa shape index (κ1) is 27.7. The Kier molecular flexibility index (Phi) is 10.4. The lowest BCUT2D eigenvalue weighted by Crippen LogP contribution is -2.52. The zero-order valence-corrected chi connectivity index (χ0v) is 21.8. The summed E-state index contributed by atoms with van der Waals surface area (Å²) in [7, 11) is -3.77. The lowest BCUT2D eigenvalue weighted by Gasteiger charge is -2.33. The number of carbonyl (C=O) groups excluding carboxylic acids is 2. The summed E-state index contributed by atoms with van der Waals surface area (Å²) in [5, 5.41) is 3.37. The van der Waals surface area contributed by atoms with Crippen molar-refractivity contribution in [3.05, 3.63) is 64.7 Å². The highest BCUT2D eigenvalue weighted by Gasteiger charge is 2.31. The molecular weight excluding hydrogens is 474 g/mol. The molecule has 0 aliphatic rings. The number of aryl methyl sites for hydroxylation is 1. The Hall–Kier alpha value is -2.58. The number of nitrogens with zero attached hydrogens (tertiary/aromatic N) is 2. The minimum Gasteiger partial charge on any atom is -0.354 e. The van der Waals surface area contributed by atoms with E-state index < -0.39 is 28.5 Å². The van der Waals surface area contributed by atoms with Gasteiger partial charge in [-0.2, -0.15) is 0 Å². The molecule has 0 aliphatic carbocycles. The van der Waals surface area contributed by atoms with Crippen LogP contribution in [0.3, 0.4) is 0 Å². The van der Waals surface area contributed by atoms with Crippen LogP contribution < -0.4 is 9.62 Å². The zero-order valence-electron chi connectivity index (χ0n) is 20.3. The normalized spacial score (nSPS) is 12.1. The summed E-state index contributed by atoms with van der Waals surface area (Å²) in [6.45, 7) is 6.13. The van der Waals surface area contributed by atoms with E-state index in [9.17, 15) is 18.0 Å². The van der Waals surface area contributed by atoms with Gasteiger partial charge in [0.1, 0.15) is 12.6 Å². The summed E-state index contributed by atoms with van der Waals surface area (Å²) in [5.74, 6) is -0.700. The third kappa shape index (κ3) is 8.02. The van der Waals surface area contributed by atoms with Crippen LogP contribution in [0.5, 0.6) is 0 Å². The van der Waals surface area contributed by atoms with Crippen molar-refractivity contribution in [2.75, 3.05) is 23.7 Å². The zero-order chi connectivity index (χ0) is 25.3. The third-order valence-corrected chi connectivity index (χ3v) is 6.84. The molecule has 9 heteroatoms. The van der Waals surface area contributed by atoms with Crippen LogP contribution >= 0.6 is 11.6 Å². The first-order valence-corrected chi connectivity index (χ1v) is 13.7. The fourth-order valence-corrected chi connectivity index (χ4v) is 4.63. The second-order valence-corrected chi connectivity index (χ2v) is 10.7. The Morgan fingerprint density at radius 2 is 1.76 bits per heavy atom. The van der Waals surface area contributed by atoms with Crippen LogP contribution in [0.25, 0.3) is 0 Å². The van der Waals surface area contributed by atoms with Crippen molar-refractivity contribution >= 4 is 39.1 Å². The van der Waals surface area contributed by atoms with E-state index in [1.807, 2.05) is 45.0 Å². The minimum absolute atomic E-state index is 0.193. The van der Waals surface area contributed by atoms with Gasteiger partial charge >= 0.3 is 0 Å². The number of anilines is 1. The molecule has 2 aromatic carbocycles. The molecule has 0 aliphatic heterocycles. The topological polar surface area (TPSA) is 86.8 Å². The SMILES string of the molecule is CCCCNC(=O)[C@H](CC)N(Cc1cccc(C)c1)C(=O)CN(c1ccc(Cl)cc1)S(C)(=O)=O. The molecule has 34 heavy (non-hydrogen) atoms. The van der Waals surface area contributed by atoms with Crippen LogP contribution in [0.1, 0.15) is 44.2 Å². The maximum atomic E-state index is 13.6. The Bertz CT molecular complexity index is 1070. The van der Waals surface area contributed by atoms with Crippen molar-refractivity contribution in [1.29, 1.82) is 0 Å². The van der Waals surface area contributed by atoms with E-state index in [1.54, 1.807) is 24.3 Å². The minimum atomic E-state index is -3.77. The Labute approximate surface area is 208 Å². The van der Waals surface area contributed by atoms with Gasteiger partial charge in [0.05, 0.1) is 11.9 Å². The standard InChI is InChI=1S/C25H34ClN3O4S/c1-5-7-15-27-25(31)23(6-2)28(17-20-10-8-9-19(3)16-20)24(30)18-29(34(4,32)33)22-13-11-21(26)12-14-22/h8-14,16,23H,5-7,15,17-18H2,1-4H3,(H,27,31)/t23-/m0/s1. The molecule has 0 saturated heterocycles. The third-order valence-electron chi connectivity index (χ3n) is 5.44. The molecular formula is C25H34ClN3O4S. The molecule has 0 aromatic heterocycles. The van der Waals surface area contributed by atoms with Crippen LogP contribution in [0.2, 0.25) is 5.02 Å². The van der Waals surface area contributed by atoms with E-state index in [1.165, 1.54) is 4.90 Å². The molecule has 2 aromatic rings. The largest absolute Gasteiger partial charge is 0.354 e. The van der Waals surface area contributed by atoms with Crippen molar-refractivity contribution < 1.29 is 18.0 Å². The van der Waals surface area contributed by atoms with Crippen LogP contribution in [0.4, 0.5) is 5.69 Å². The summed E-state index contributed by atoms with van der Waals surface area (Å²) in [6, 6.07) is 13.2. The number of benzene rings is 2. The van der Waals surface area contributed by atoms with Gasteiger partial charge in [-0.15, -0.1) is 0 Å². The fraction of sp³-hybridized carbons (Fsp3) is 0.440. The van der Waals surface area contributed by atoms with Gasteiger partial charge in [-0.05, 0) is 49.6 Å². The van der Waals surface area contributed by atoms with E-state index >= 15 is 0 Å². The summed E-state index contributed by atoms with van der Waals surface area (Å²) < 4.78 is 26.2. The molecule has 0 spiro atoms. The highest BCUT2D eigenvalue weighted by Crippen LogP contribution is 2.22. The highest BCUT2D eigenvalue weighted by atomic mass is 35.5. The predicted octanol–water partition coefficient (Wildman–Crippen LogP) is 4.14. The van der Waals surface area contributed by atoms with Crippen molar-refractivity contribution in [3.8, 4) is 0 Å². The fourth-order valence-electron chi connectivity index (χ4n) is 3.65. The Morgan fingerprint density at radius 1 is 1.09 bits per heavy atom. The number of sulfonamides is 1. The first-order valence-electron chi connectivity index (χ1n) is 11.4. The molecule has 0 bridgehead atoms. The molecule has 7 nitrogen and oxygen atoms in total. The Morgan fingerprint density at radius 3 is 2.32 bits per heavy atom. The number of halogens is 1. The van der Waals surface area contributed by atoms with Crippen LogP contribution in [-0.4, -0.2) is 50.5 Å². The van der Waals surface area contributed by atoms with Crippen LogP contribution in [0, 0.1) is 6.92 Å². The van der Waals surface area contributed by atoms with E-state index in [2.05, 4.69) is 5.32 Å².